The highest BCUT2D eigenvalue weighted by Crippen LogP contribution is 2.25. The maximum absolute atomic E-state index is 5.92. The lowest BCUT2D eigenvalue weighted by molar-refractivity contribution is 0.573. The van der Waals surface area contributed by atoms with Gasteiger partial charge in [-0.1, -0.05) is 12.1 Å². The van der Waals surface area contributed by atoms with Crippen LogP contribution in [-0.4, -0.2) is 9.78 Å². The predicted octanol–water partition coefficient (Wildman–Crippen LogP) is 3.44. The Labute approximate surface area is 116 Å². The molecule has 1 heterocycles. The van der Waals surface area contributed by atoms with Crippen LogP contribution in [0.15, 0.2) is 34.9 Å². The number of benzene rings is 1. The molecule has 0 radical (unpaired) electrons. The second kappa shape index (κ2) is 4.75. The van der Waals surface area contributed by atoms with Gasteiger partial charge in [-0.2, -0.15) is 5.10 Å². The number of hydrogen-bond acceptors (Lipinski definition) is 2. The summed E-state index contributed by atoms with van der Waals surface area (Å²) >= 11 is 5.65. The Morgan fingerprint density at radius 2 is 2.00 bits per heavy atom. The van der Waals surface area contributed by atoms with Crippen molar-refractivity contribution in [3.05, 3.63) is 44.1 Å². The molecule has 0 saturated heterocycles. The van der Waals surface area contributed by atoms with Gasteiger partial charge < -0.3 is 5.73 Å². The SMILES string of the molecule is CC(c1ccc(I)cc1)n1ncc(Br)c1N. The lowest BCUT2D eigenvalue weighted by atomic mass is 10.1. The molecule has 0 amide bonds. The summed E-state index contributed by atoms with van der Waals surface area (Å²) in [5.41, 5.74) is 7.12. The van der Waals surface area contributed by atoms with E-state index in [1.165, 1.54) is 9.13 Å². The van der Waals surface area contributed by atoms with Crippen LogP contribution in [0.5, 0.6) is 0 Å². The molecule has 1 aromatic carbocycles. The van der Waals surface area contributed by atoms with E-state index in [1.54, 1.807) is 6.20 Å². The minimum absolute atomic E-state index is 0.142. The van der Waals surface area contributed by atoms with Crippen molar-refractivity contribution in [3.8, 4) is 0 Å². The normalized spacial score (nSPS) is 12.7. The molecular formula is C11H11BrIN3. The summed E-state index contributed by atoms with van der Waals surface area (Å²) in [6.45, 7) is 2.08. The average Bonchev–Trinajstić information content (AvgIpc) is 2.60. The molecule has 2 aromatic rings. The van der Waals surface area contributed by atoms with E-state index in [-0.39, 0.29) is 6.04 Å². The first-order chi connectivity index (χ1) is 7.59. The van der Waals surface area contributed by atoms with Crippen LogP contribution in [0.3, 0.4) is 0 Å². The van der Waals surface area contributed by atoms with Gasteiger partial charge in [0.05, 0.1) is 16.7 Å². The van der Waals surface area contributed by atoms with E-state index in [0.717, 1.165) is 4.47 Å². The molecular weight excluding hydrogens is 381 g/mol. The minimum Gasteiger partial charge on any atom is -0.383 e. The van der Waals surface area contributed by atoms with Crippen molar-refractivity contribution < 1.29 is 0 Å². The van der Waals surface area contributed by atoms with E-state index in [9.17, 15) is 0 Å². The smallest absolute Gasteiger partial charge is 0.136 e. The Kier molecular flexibility index (Phi) is 3.53. The second-order valence-electron chi connectivity index (χ2n) is 3.55. The molecule has 0 fully saturated rings. The van der Waals surface area contributed by atoms with Gasteiger partial charge in [-0.3, -0.25) is 0 Å². The van der Waals surface area contributed by atoms with E-state index in [0.29, 0.717) is 5.82 Å². The van der Waals surface area contributed by atoms with Crippen molar-refractivity contribution in [1.29, 1.82) is 0 Å². The highest BCUT2D eigenvalue weighted by Gasteiger charge is 2.13. The number of hydrogen-bond donors (Lipinski definition) is 1. The van der Waals surface area contributed by atoms with Gasteiger partial charge in [-0.05, 0) is 63.1 Å². The quantitative estimate of drug-likeness (QED) is 0.797. The summed E-state index contributed by atoms with van der Waals surface area (Å²) in [7, 11) is 0. The first-order valence-corrected chi connectivity index (χ1v) is 6.70. The maximum atomic E-state index is 5.92. The molecule has 0 spiro atoms. The van der Waals surface area contributed by atoms with Gasteiger partial charge in [0.25, 0.3) is 0 Å². The molecule has 1 unspecified atom stereocenters. The fourth-order valence-corrected chi connectivity index (χ4v) is 2.17. The van der Waals surface area contributed by atoms with Gasteiger partial charge in [0.15, 0.2) is 0 Å². The van der Waals surface area contributed by atoms with Crippen molar-refractivity contribution in [2.75, 3.05) is 5.73 Å². The Bertz CT molecular complexity index is 492. The molecule has 1 aromatic heterocycles. The molecule has 0 aliphatic heterocycles. The minimum atomic E-state index is 0.142. The van der Waals surface area contributed by atoms with Crippen LogP contribution in [0, 0.1) is 3.57 Å². The number of aromatic nitrogens is 2. The number of halogens is 2. The molecule has 0 aliphatic rings. The molecule has 5 heteroatoms. The Balaban J connectivity index is 2.35. The van der Waals surface area contributed by atoms with Crippen LogP contribution in [0.4, 0.5) is 5.82 Å². The van der Waals surface area contributed by atoms with E-state index in [2.05, 4.69) is 74.8 Å². The van der Waals surface area contributed by atoms with E-state index in [1.807, 2.05) is 4.68 Å². The van der Waals surface area contributed by atoms with Crippen molar-refractivity contribution in [2.24, 2.45) is 0 Å². The van der Waals surface area contributed by atoms with Crippen LogP contribution in [0.25, 0.3) is 0 Å². The van der Waals surface area contributed by atoms with Crippen molar-refractivity contribution in [1.82, 2.24) is 9.78 Å². The van der Waals surface area contributed by atoms with Crippen molar-refractivity contribution in [3.63, 3.8) is 0 Å². The third-order valence-electron chi connectivity index (χ3n) is 2.51. The Morgan fingerprint density at radius 3 is 2.50 bits per heavy atom. The number of rotatable bonds is 2. The molecule has 1 atom stereocenters. The van der Waals surface area contributed by atoms with Crippen LogP contribution in [0.2, 0.25) is 0 Å². The van der Waals surface area contributed by atoms with Gasteiger partial charge in [-0.15, -0.1) is 0 Å². The summed E-state index contributed by atoms with van der Waals surface area (Å²) in [6, 6.07) is 8.51. The third kappa shape index (κ3) is 2.24. The Morgan fingerprint density at radius 1 is 1.38 bits per heavy atom. The van der Waals surface area contributed by atoms with E-state index >= 15 is 0 Å². The fourth-order valence-electron chi connectivity index (χ4n) is 1.54. The van der Waals surface area contributed by atoms with E-state index in [4.69, 9.17) is 5.73 Å². The van der Waals surface area contributed by atoms with Gasteiger partial charge >= 0.3 is 0 Å². The number of anilines is 1. The summed E-state index contributed by atoms with van der Waals surface area (Å²) in [6.07, 6.45) is 1.72. The molecule has 0 bridgehead atoms. The summed E-state index contributed by atoms with van der Waals surface area (Å²) in [5.74, 6) is 0.658. The van der Waals surface area contributed by atoms with Gasteiger partial charge in [0.1, 0.15) is 5.82 Å². The van der Waals surface area contributed by atoms with Gasteiger partial charge in [0.2, 0.25) is 0 Å². The zero-order chi connectivity index (χ0) is 11.7. The van der Waals surface area contributed by atoms with Crippen LogP contribution >= 0.6 is 38.5 Å². The monoisotopic (exact) mass is 391 g/mol. The molecule has 2 rings (SSSR count). The number of nitrogen functional groups attached to an aromatic ring is 1. The van der Waals surface area contributed by atoms with Crippen molar-refractivity contribution in [2.45, 2.75) is 13.0 Å². The number of nitrogens with two attached hydrogens (primary N) is 1. The highest BCUT2D eigenvalue weighted by atomic mass is 127. The maximum Gasteiger partial charge on any atom is 0.136 e. The zero-order valence-corrected chi connectivity index (χ0v) is 12.4. The largest absolute Gasteiger partial charge is 0.383 e. The summed E-state index contributed by atoms with van der Waals surface area (Å²) in [4.78, 5) is 0. The zero-order valence-electron chi connectivity index (χ0n) is 8.69. The second-order valence-corrected chi connectivity index (χ2v) is 5.65. The van der Waals surface area contributed by atoms with Crippen molar-refractivity contribution >= 4 is 44.3 Å². The predicted molar refractivity (Wildman–Crippen MR) is 77.3 cm³/mol. The molecule has 0 aliphatic carbocycles. The average molecular weight is 392 g/mol. The molecule has 0 saturated carbocycles. The Hall–Kier alpha value is -0.560. The van der Waals surface area contributed by atoms with Gasteiger partial charge in [0, 0.05) is 3.57 Å². The van der Waals surface area contributed by atoms with Crippen LogP contribution in [0.1, 0.15) is 18.5 Å². The van der Waals surface area contributed by atoms with Crippen LogP contribution in [-0.2, 0) is 0 Å². The van der Waals surface area contributed by atoms with Gasteiger partial charge in [-0.25, -0.2) is 4.68 Å². The summed E-state index contributed by atoms with van der Waals surface area (Å²) in [5, 5.41) is 4.26. The first-order valence-electron chi connectivity index (χ1n) is 4.83. The molecule has 3 nitrogen and oxygen atoms in total. The molecule has 84 valence electrons. The summed E-state index contributed by atoms with van der Waals surface area (Å²) < 4.78 is 3.87. The highest BCUT2D eigenvalue weighted by molar-refractivity contribution is 14.1. The topological polar surface area (TPSA) is 43.8 Å². The lowest BCUT2D eigenvalue weighted by Crippen LogP contribution is -2.11. The number of nitrogens with zero attached hydrogens (tertiary/aromatic N) is 2. The third-order valence-corrected chi connectivity index (χ3v) is 3.84. The van der Waals surface area contributed by atoms with Crippen LogP contribution < -0.4 is 5.73 Å². The molecule has 2 N–H and O–H groups in total. The standard InChI is InChI=1S/C11H11BrIN3/c1-7(8-2-4-9(13)5-3-8)16-11(14)10(12)6-15-16/h2-7H,14H2,1H3. The molecule has 16 heavy (non-hydrogen) atoms. The first kappa shape index (κ1) is 11.9. The van der Waals surface area contributed by atoms with E-state index < -0.39 is 0 Å². The lowest BCUT2D eigenvalue weighted by Gasteiger charge is -2.14. The fraction of sp³-hybridized carbons (Fsp3) is 0.182.